The molecule has 0 radical (unpaired) electrons. The highest BCUT2D eigenvalue weighted by Gasteiger charge is 2.14. The number of benzene rings is 2. The molecular formula is C22H19N3O4. The predicted molar refractivity (Wildman–Crippen MR) is 107 cm³/mol. The zero-order valence-corrected chi connectivity index (χ0v) is 15.8. The Hall–Kier alpha value is -3.87. The summed E-state index contributed by atoms with van der Waals surface area (Å²) in [7, 11) is 1.64. The number of hydrogen-bond donors (Lipinski definition) is 1. The molecule has 2 heterocycles. The molecule has 0 aliphatic rings. The van der Waals surface area contributed by atoms with Crippen molar-refractivity contribution >= 4 is 16.7 Å². The van der Waals surface area contributed by atoms with Crippen LogP contribution in [0.2, 0.25) is 0 Å². The summed E-state index contributed by atoms with van der Waals surface area (Å²) in [5.74, 6) is 1.59. The molecule has 0 fully saturated rings. The summed E-state index contributed by atoms with van der Waals surface area (Å²) in [6, 6.07) is 18.6. The standard InChI is InChI=1S/C22H19N3O4/c1-27-20-9-10-21(18-8-3-2-7-17(18)20)28-14-16-12-19(25-29-16)22(26)24-13-15-6-4-5-11-23-15/h2-12H,13-14H2,1H3,(H,24,26). The molecule has 1 N–H and O–H groups in total. The molecule has 1 amide bonds. The van der Waals surface area contributed by atoms with E-state index in [2.05, 4.69) is 15.5 Å². The molecule has 146 valence electrons. The van der Waals surface area contributed by atoms with Crippen molar-refractivity contribution in [1.82, 2.24) is 15.5 Å². The summed E-state index contributed by atoms with van der Waals surface area (Å²) < 4.78 is 16.5. The van der Waals surface area contributed by atoms with Crippen molar-refractivity contribution in [3.8, 4) is 11.5 Å². The number of fused-ring (bicyclic) bond motifs is 1. The van der Waals surface area contributed by atoms with Gasteiger partial charge >= 0.3 is 0 Å². The van der Waals surface area contributed by atoms with Gasteiger partial charge in [0.05, 0.1) is 19.3 Å². The Kier molecular flexibility index (Phi) is 5.38. The van der Waals surface area contributed by atoms with Crippen molar-refractivity contribution in [2.75, 3.05) is 7.11 Å². The maximum absolute atomic E-state index is 12.2. The number of methoxy groups -OCH3 is 1. The van der Waals surface area contributed by atoms with Crippen LogP contribution in [0.1, 0.15) is 21.9 Å². The highest BCUT2D eigenvalue weighted by molar-refractivity contribution is 5.93. The highest BCUT2D eigenvalue weighted by atomic mass is 16.5. The number of nitrogens with one attached hydrogen (secondary N) is 1. The van der Waals surface area contributed by atoms with Gasteiger partial charge in [-0.2, -0.15) is 0 Å². The third-order valence-electron chi connectivity index (χ3n) is 4.38. The number of aromatic nitrogens is 2. The van der Waals surface area contributed by atoms with E-state index < -0.39 is 0 Å². The van der Waals surface area contributed by atoms with Gasteiger partial charge in [-0.1, -0.05) is 35.5 Å². The van der Waals surface area contributed by atoms with Gasteiger partial charge in [-0.3, -0.25) is 9.78 Å². The third-order valence-corrected chi connectivity index (χ3v) is 4.38. The molecule has 2 aromatic carbocycles. The Morgan fingerprint density at radius 1 is 1.03 bits per heavy atom. The second kappa shape index (κ2) is 8.43. The van der Waals surface area contributed by atoms with E-state index in [4.69, 9.17) is 14.0 Å². The lowest BCUT2D eigenvalue weighted by atomic mass is 10.1. The summed E-state index contributed by atoms with van der Waals surface area (Å²) in [4.78, 5) is 16.4. The Balaban J connectivity index is 1.41. The first-order valence-corrected chi connectivity index (χ1v) is 9.07. The second-order valence-corrected chi connectivity index (χ2v) is 6.28. The lowest BCUT2D eigenvalue weighted by Crippen LogP contribution is -2.23. The molecule has 0 unspecified atom stereocenters. The SMILES string of the molecule is COc1ccc(OCc2cc(C(=O)NCc3ccccn3)no2)c2ccccc12. The average molecular weight is 389 g/mol. The van der Waals surface area contributed by atoms with Crippen molar-refractivity contribution in [3.63, 3.8) is 0 Å². The van der Waals surface area contributed by atoms with Crippen molar-refractivity contribution in [1.29, 1.82) is 0 Å². The molecule has 0 saturated carbocycles. The molecule has 4 rings (SSSR count). The largest absolute Gasteiger partial charge is 0.496 e. The number of nitrogens with zero attached hydrogens (tertiary/aromatic N) is 2. The molecule has 4 aromatic rings. The van der Waals surface area contributed by atoms with Crippen molar-refractivity contribution in [2.24, 2.45) is 0 Å². The number of rotatable bonds is 7. The first kappa shape index (κ1) is 18.5. The van der Waals surface area contributed by atoms with Crippen LogP contribution in [0, 0.1) is 0 Å². The van der Waals surface area contributed by atoms with Crippen LogP contribution in [-0.4, -0.2) is 23.2 Å². The van der Waals surface area contributed by atoms with E-state index in [9.17, 15) is 4.79 Å². The van der Waals surface area contributed by atoms with E-state index in [1.807, 2.05) is 54.6 Å². The van der Waals surface area contributed by atoms with Gasteiger partial charge < -0.3 is 19.3 Å². The fraction of sp³-hybridized carbons (Fsp3) is 0.136. The Bertz CT molecular complexity index is 1130. The van der Waals surface area contributed by atoms with Gasteiger partial charge in [0.25, 0.3) is 5.91 Å². The van der Waals surface area contributed by atoms with E-state index in [1.165, 1.54) is 0 Å². The molecule has 0 aliphatic heterocycles. The number of carbonyl (C=O) groups excluding carboxylic acids is 1. The summed E-state index contributed by atoms with van der Waals surface area (Å²) in [6.45, 7) is 0.465. The Morgan fingerprint density at radius 3 is 2.55 bits per heavy atom. The number of carbonyl (C=O) groups is 1. The van der Waals surface area contributed by atoms with E-state index >= 15 is 0 Å². The lowest BCUT2D eigenvalue weighted by Gasteiger charge is -2.10. The fourth-order valence-corrected chi connectivity index (χ4v) is 2.95. The van der Waals surface area contributed by atoms with Crippen LogP contribution in [0.4, 0.5) is 0 Å². The number of pyridine rings is 1. The molecule has 0 bridgehead atoms. The highest BCUT2D eigenvalue weighted by Crippen LogP contribution is 2.33. The van der Waals surface area contributed by atoms with Gasteiger partial charge in [-0.15, -0.1) is 0 Å². The van der Waals surface area contributed by atoms with Gasteiger partial charge in [0.2, 0.25) is 0 Å². The monoisotopic (exact) mass is 389 g/mol. The van der Waals surface area contributed by atoms with Crippen LogP contribution >= 0.6 is 0 Å². The maximum atomic E-state index is 12.2. The summed E-state index contributed by atoms with van der Waals surface area (Å²) >= 11 is 0. The molecule has 29 heavy (non-hydrogen) atoms. The topological polar surface area (TPSA) is 86.5 Å². The van der Waals surface area contributed by atoms with Crippen molar-refractivity contribution in [3.05, 3.63) is 84.0 Å². The first-order chi connectivity index (χ1) is 14.2. The minimum atomic E-state index is -0.333. The van der Waals surface area contributed by atoms with E-state index in [0.717, 1.165) is 22.2 Å². The van der Waals surface area contributed by atoms with E-state index in [0.29, 0.717) is 18.1 Å². The minimum absolute atomic E-state index is 0.150. The smallest absolute Gasteiger partial charge is 0.273 e. The molecule has 0 saturated heterocycles. The summed E-state index contributed by atoms with van der Waals surface area (Å²) in [6.07, 6.45) is 1.68. The van der Waals surface area contributed by atoms with Gasteiger partial charge in [-0.05, 0) is 24.3 Å². The molecule has 7 heteroatoms. The van der Waals surface area contributed by atoms with Crippen molar-refractivity contribution in [2.45, 2.75) is 13.2 Å². The number of ether oxygens (including phenoxy) is 2. The zero-order valence-electron chi connectivity index (χ0n) is 15.8. The lowest BCUT2D eigenvalue weighted by molar-refractivity contribution is 0.0941. The van der Waals surface area contributed by atoms with Crippen LogP contribution in [-0.2, 0) is 13.2 Å². The minimum Gasteiger partial charge on any atom is -0.496 e. The molecule has 0 spiro atoms. The number of amides is 1. The maximum Gasteiger partial charge on any atom is 0.273 e. The Morgan fingerprint density at radius 2 is 1.79 bits per heavy atom. The van der Waals surface area contributed by atoms with Crippen LogP contribution in [0.5, 0.6) is 11.5 Å². The van der Waals surface area contributed by atoms with Gasteiger partial charge in [0, 0.05) is 23.0 Å². The van der Waals surface area contributed by atoms with Gasteiger partial charge in [0.15, 0.2) is 11.5 Å². The molecule has 2 aromatic heterocycles. The molecule has 0 aliphatic carbocycles. The predicted octanol–water partition coefficient (Wildman–Crippen LogP) is 3.74. The van der Waals surface area contributed by atoms with E-state index in [-0.39, 0.29) is 18.2 Å². The van der Waals surface area contributed by atoms with Crippen LogP contribution in [0.3, 0.4) is 0 Å². The molecular weight excluding hydrogens is 370 g/mol. The fourth-order valence-electron chi connectivity index (χ4n) is 2.95. The number of hydrogen-bond acceptors (Lipinski definition) is 6. The van der Waals surface area contributed by atoms with Gasteiger partial charge in [0.1, 0.15) is 18.1 Å². The summed E-state index contributed by atoms with van der Waals surface area (Å²) in [5.41, 5.74) is 0.957. The van der Waals surface area contributed by atoms with Crippen LogP contribution < -0.4 is 14.8 Å². The zero-order chi connectivity index (χ0) is 20.1. The quantitative estimate of drug-likeness (QED) is 0.518. The Labute approximate surface area is 167 Å². The van der Waals surface area contributed by atoms with Crippen molar-refractivity contribution < 1.29 is 18.8 Å². The summed E-state index contributed by atoms with van der Waals surface area (Å²) in [5, 5.41) is 8.47. The second-order valence-electron chi connectivity index (χ2n) is 6.28. The molecule has 0 atom stereocenters. The average Bonchev–Trinajstić information content (AvgIpc) is 3.25. The van der Waals surface area contributed by atoms with Gasteiger partial charge in [-0.25, -0.2) is 0 Å². The van der Waals surface area contributed by atoms with Crippen LogP contribution in [0.15, 0.2) is 71.4 Å². The van der Waals surface area contributed by atoms with Crippen LogP contribution in [0.25, 0.3) is 10.8 Å². The molecule has 7 nitrogen and oxygen atoms in total. The third kappa shape index (κ3) is 4.19. The normalized spacial score (nSPS) is 10.7. The van der Waals surface area contributed by atoms with E-state index in [1.54, 1.807) is 19.4 Å². The first-order valence-electron chi connectivity index (χ1n) is 9.07.